The summed E-state index contributed by atoms with van der Waals surface area (Å²) in [5.74, 6) is 0.178. The predicted molar refractivity (Wildman–Crippen MR) is 60.6 cm³/mol. The van der Waals surface area contributed by atoms with Crippen molar-refractivity contribution < 1.29 is 9.90 Å². The highest BCUT2D eigenvalue weighted by Gasteiger charge is 2.24. The lowest BCUT2D eigenvalue weighted by atomic mass is 10.2. The number of hydrogen-bond acceptors (Lipinski definition) is 2. The molecule has 1 aromatic carbocycles. The number of phenols is 1. The van der Waals surface area contributed by atoms with Crippen LogP contribution in [0.4, 0.5) is 0 Å². The first-order valence-electron chi connectivity index (χ1n) is 5.29. The summed E-state index contributed by atoms with van der Waals surface area (Å²) in [4.78, 5) is 11.7. The van der Waals surface area contributed by atoms with Crippen LogP contribution in [0, 0.1) is 0 Å². The van der Waals surface area contributed by atoms with Gasteiger partial charge in [0.2, 0.25) is 0 Å². The van der Waals surface area contributed by atoms with Crippen molar-refractivity contribution in [2.45, 2.75) is 13.0 Å². The van der Waals surface area contributed by atoms with Crippen LogP contribution in [0.2, 0.25) is 0 Å². The molecule has 2 heterocycles. The highest BCUT2D eigenvalue weighted by Crippen LogP contribution is 2.28. The number of carbonyl (C=O) groups excluding carboxylic acids is 1. The molecule has 0 saturated heterocycles. The Morgan fingerprint density at radius 1 is 1.44 bits per heavy atom. The number of hydrogen-bond donors (Lipinski definition) is 2. The van der Waals surface area contributed by atoms with Crippen molar-refractivity contribution in [2.24, 2.45) is 0 Å². The Morgan fingerprint density at radius 3 is 3.06 bits per heavy atom. The summed E-state index contributed by atoms with van der Waals surface area (Å²) >= 11 is 0. The SMILES string of the molecule is CC1CNC(=O)c2cc3cc(O)ccc3n21. The number of fused-ring (bicyclic) bond motifs is 3. The molecule has 1 aromatic heterocycles. The summed E-state index contributed by atoms with van der Waals surface area (Å²) in [7, 11) is 0. The van der Waals surface area contributed by atoms with E-state index in [0.29, 0.717) is 12.2 Å². The predicted octanol–water partition coefficient (Wildman–Crippen LogP) is 1.65. The van der Waals surface area contributed by atoms with Crippen LogP contribution >= 0.6 is 0 Å². The van der Waals surface area contributed by atoms with E-state index in [2.05, 4.69) is 12.2 Å². The maximum atomic E-state index is 11.7. The quantitative estimate of drug-likeness (QED) is 0.703. The van der Waals surface area contributed by atoms with E-state index in [1.165, 1.54) is 0 Å². The van der Waals surface area contributed by atoms with Crippen LogP contribution in [0.1, 0.15) is 23.5 Å². The highest BCUT2D eigenvalue weighted by atomic mass is 16.3. The number of nitrogens with zero attached hydrogens (tertiary/aromatic N) is 1. The normalized spacial score (nSPS) is 19.6. The van der Waals surface area contributed by atoms with Gasteiger partial charge in [0.1, 0.15) is 11.4 Å². The van der Waals surface area contributed by atoms with Crippen molar-refractivity contribution in [3.05, 3.63) is 30.0 Å². The largest absolute Gasteiger partial charge is 0.508 e. The van der Waals surface area contributed by atoms with E-state index >= 15 is 0 Å². The Labute approximate surface area is 92.5 Å². The fourth-order valence-corrected chi connectivity index (χ4v) is 2.30. The molecule has 1 aliphatic heterocycles. The lowest BCUT2D eigenvalue weighted by Crippen LogP contribution is -2.37. The van der Waals surface area contributed by atoms with Crippen LogP contribution in [0.25, 0.3) is 10.9 Å². The molecule has 0 fully saturated rings. The molecule has 0 spiro atoms. The number of carbonyl (C=O) groups is 1. The van der Waals surface area contributed by atoms with E-state index in [1.807, 2.05) is 16.7 Å². The molecule has 3 rings (SSSR count). The summed E-state index contributed by atoms with van der Waals surface area (Å²) in [6.07, 6.45) is 0. The molecular formula is C12H12N2O2. The molecule has 0 bridgehead atoms. The monoisotopic (exact) mass is 216 g/mol. The summed E-state index contributed by atoms with van der Waals surface area (Å²) in [5, 5.41) is 13.2. The van der Waals surface area contributed by atoms with E-state index in [4.69, 9.17) is 0 Å². The summed E-state index contributed by atoms with van der Waals surface area (Å²) < 4.78 is 2.02. The molecule has 4 heteroatoms. The zero-order valence-electron chi connectivity index (χ0n) is 8.90. The number of aromatic hydroxyl groups is 1. The van der Waals surface area contributed by atoms with Crippen LogP contribution in [0.5, 0.6) is 5.75 Å². The Kier molecular flexibility index (Phi) is 1.74. The van der Waals surface area contributed by atoms with Gasteiger partial charge in [0.15, 0.2) is 0 Å². The fourth-order valence-electron chi connectivity index (χ4n) is 2.30. The molecule has 16 heavy (non-hydrogen) atoms. The number of nitrogens with one attached hydrogen (secondary N) is 1. The Balaban J connectivity index is 2.36. The van der Waals surface area contributed by atoms with E-state index in [9.17, 15) is 9.90 Å². The van der Waals surface area contributed by atoms with Crippen LogP contribution in [0.3, 0.4) is 0 Å². The molecule has 1 unspecified atom stereocenters. The minimum Gasteiger partial charge on any atom is -0.508 e. The third-order valence-electron chi connectivity index (χ3n) is 3.05. The Bertz CT molecular complexity index is 586. The van der Waals surface area contributed by atoms with Gasteiger partial charge >= 0.3 is 0 Å². The third-order valence-corrected chi connectivity index (χ3v) is 3.05. The van der Waals surface area contributed by atoms with Gasteiger partial charge < -0.3 is 15.0 Å². The lowest BCUT2D eigenvalue weighted by molar-refractivity contribution is 0.0919. The van der Waals surface area contributed by atoms with Crippen molar-refractivity contribution >= 4 is 16.8 Å². The van der Waals surface area contributed by atoms with Gasteiger partial charge in [-0.3, -0.25) is 4.79 Å². The molecular weight excluding hydrogens is 204 g/mol. The average Bonchev–Trinajstić information content (AvgIpc) is 2.63. The standard InChI is InChI=1S/C12H12N2O2/c1-7-6-13-12(16)11-5-8-4-9(15)2-3-10(8)14(7)11/h2-5,7,15H,6H2,1H3,(H,13,16). The maximum absolute atomic E-state index is 11.7. The first-order valence-corrected chi connectivity index (χ1v) is 5.29. The molecule has 0 radical (unpaired) electrons. The smallest absolute Gasteiger partial charge is 0.268 e. The molecule has 2 aromatic rings. The molecule has 1 atom stereocenters. The van der Waals surface area contributed by atoms with E-state index < -0.39 is 0 Å². The van der Waals surface area contributed by atoms with Crippen molar-refractivity contribution in [1.82, 2.24) is 9.88 Å². The van der Waals surface area contributed by atoms with Gasteiger partial charge in [0, 0.05) is 23.5 Å². The maximum Gasteiger partial charge on any atom is 0.268 e. The lowest BCUT2D eigenvalue weighted by Gasteiger charge is -2.23. The Morgan fingerprint density at radius 2 is 2.25 bits per heavy atom. The molecule has 0 aliphatic carbocycles. The van der Waals surface area contributed by atoms with E-state index in [1.54, 1.807) is 12.1 Å². The summed E-state index contributed by atoms with van der Waals surface area (Å²) in [6, 6.07) is 7.24. The Hall–Kier alpha value is -1.97. The van der Waals surface area contributed by atoms with Crippen LogP contribution in [-0.4, -0.2) is 22.1 Å². The fraction of sp³-hybridized carbons (Fsp3) is 0.250. The zero-order chi connectivity index (χ0) is 11.3. The number of phenolic OH excluding ortho intramolecular Hbond substituents is 1. The van der Waals surface area contributed by atoms with E-state index in [0.717, 1.165) is 10.9 Å². The van der Waals surface area contributed by atoms with Crippen molar-refractivity contribution in [2.75, 3.05) is 6.54 Å². The van der Waals surface area contributed by atoms with Crippen LogP contribution < -0.4 is 5.32 Å². The van der Waals surface area contributed by atoms with Gasteiger partial charge in [-0.2, -0.15) is 0 Å². The minimum absolute atomic E-state index is 0.0474. The van der Waals surface area contributed by atoms with E-state index in [-0.39, 0.29) is 17.7 Å². The van der Waals surface area contributed by atoms with Gasteiger partial charge in [-0.1, -0.05) is 0 Å². The molecule has 1 amide bonds. The topological polar surface area (TPSA) is 54.3 Å². The molecule has 1 aliphatic rings. The van der Waals surface area contributed by atoms with Gasteiger partial charge in [-0.05, 0) is 31.2 Å². The van der Waals surface area contributed by atoms with Crippen molar-refractivity contribution in [3.8, 4) is 5.75 Å². The first kappa shape index (κ1) is 9.27. The molecule has 2 N–H and O–H groups in total. The molecule has 82 valence electrons. The number of aromatic nitrogens is 1. The first-order chi connectivity index (χ1) is 7.66. The third kappa shape index (κ3) is 1.13. The number of amides is 1. The number of rotatable bonds is 0. The van der Waals surface area contributed by atoms with Gasteiger partial charge in [-0.15, -0.1) is 0 Å². The second kappa shape index (κ2) is 3.01. The second-order valence-corrected chi connectivity index (χ2v) is 4.20. The number of benzene rings is 1. The minimum atomic E-state index is -0.0474. The van der Waals surface area contributed by atoms with Gasteiger partial charge in [-0.25, -0.2) is 0 Å². The summed E-state index contributed by atoms with van der Waals surface area (Å²) in [5.41, 5.74) is 1.66. The molecule has 4 nitrogen and oxygen atoms in total. The highest BCUT2D eigenvalue weighted by molar-refractivity contribution is 5.99. The van der Waals surface area contributed by atoms with Crippen LogP contribution in [0.15, 0.2) is 24.3 Å². The zero-order valence-corrected chi connectivity index (χ0v) is 8.90. The average molecular weight is 216 g/mol. The molecule has 0 saturated carbocycles. The summed E-state index contributed by atoms with van der Waals surface area (Å²) in [6.45, 7) is 2.71. The van der Waals surface area contributed by atoms with Crippen molar-refractivity contribution in [3.63, 3.8) is 0 Å². The van der Waals surface area contributed by atoms with Gasteiger partial charge in [0.25, 0.3) is 5.91 Å². The second-order valence-electron chi connectivity index (χ2n) is 4.20. The van der Waals surface area contributed by atoms with Gasteiger partial charge in [0.05, 0.1) is 0 Å². The van der Waals surface area contributed by atoms with Crippen LogP contribution in [-0.2, 0) is 0 Å². The van der Waals surface area contributed by atoms with Crippen molar-refractivity contribution in [1.29, 1.82) is 0 Å².